The Morgan fingerprint density at radius 1 is 1.12 bits per heavy atom. The van der Waals surface area contributed by atoms with Crippen LogP contribution in [0, 0.1) is 5.92 Å². The van der Waals surface area contributed by atoms with Gasteiger partial charge in [0.15, 0.2) is 5.96 Å². The molecule has 1 aliphatic rings. The van der Waals surface area contributed by atoms with Gasteiger partial charge in [-0.3, -0.25) is 14.6 Å². The number of guanidine groups is 1. The van der Waals surface area contributed by atoms with E-state index in [9.17, 15) is 9.59 Å². The van der Waals surface area contributed by atoms with Gasteiger partial charge in [-0.05, 0) is 48.6 Å². The predicted molar refractivity (Wildman–Crippen MR) is 135 cm³/mol. The molecule has 2 amide bonds. The van der Waals surface area contributed by atoms with Crippen molar-refractivity contribution in [2.75, 3.05) is 27.2 Å². The first kappa shape index (κ1) is 25.7. The molecule has 0 spiro atoms. The molecule has 0 aliphatic carbocycles. The highest BCUT2D eigenvalue weighted by Crippen LogP contribution is 2.20. The first-order valence-corrected chi connectivity index (χ1v) is 10.6. The van der Waals surface area contributed by atoms with Crippen LogP contribution in [0.4, 0.5) is 0 Å². The number of aliphatic imine (C=N–C) groups is 1. The summed E-state index contributed by atoms with van der Waals surface area (Å²) in [5.74, 6) is 1.95. The van der Waals surface area contributed by atoms with Crippen LogP contribution < -0.4 is 16.0 Å². The number of nitrogens with zero attached hydrogens (tertiary/aromatic N) is 2. The van der Waals surface area contributed by atoms with E-state index in [1.54, 1.807) is 32.5 Å². The summed E-state index contributed by atoms with van der Waals surface area (Å²) in [6.45, 7) is 2.67. The number of likely N-dealkylation sites (tertiary alicyclic amines) is 1. The fourth-order valence-electron chi connectivity index (χ4n) is 3.73. The van der Waals surface area contributed by atoms with Crippen LogP contribution in [0.5, 0.6) is 0 Å². The number of benzene rings is 1. The summed E-state index contributed by atoms with van der Waals surface area (Å²) in [5, 5.41) is 8.96. The maximum Gasteiger partial charge on any atom is 0.251 e. The van der Waals surface area contributed by atoms with E-state index in [0.717, 1.165) is 37.5 Å². The van der Waals surface area contributed by atoms with Gasteiger partial charge in [-0.1, -0.05) is 12.1 Å². The second-order valence-corrected chi connectivity index (χ2v) is 7.67. The van der Waals surface area contributed by atoms with Crippen molar-refractivity contribution in [3.05, 3.63) is 59.5 Å². The van der Waals surface area contributed by atoms with Gasteiger partial charge in [0.2, 0.25) is 5.91 Å². The second-order valence-electron chi connectivity index (χ2n) is 7.67. The third-order valence-electron chi connectivity index (χ3n) is 5.52. The number of rotatable bonds is 7. The zero-order valence-corrected chi connectivity index (χ0v) is 20.9. The molecule has 0 unspecified atom stereocenters. The van der Waals surface area contributed by atoms with Gasteiger partial charge in [-0.15, -0.1) is 24.0 Å². The molecule has 0 saturated carbocycles. The lowest BCUT2D eigenvalue weighted by molar-refractivity contribution is -0.121. The summed E-state index contributed by atoms with van der Waals surface area (Å²) in [4.78, 5) is 30.7. The lowest BCUT2D eigenvalue weighted by Crippen LogP contribution is -2.45. The maximum atomic E-state index is 12.4. The van der Waals surface area contributed by atoms with Crippen LogP contribution in [0.1, 0.15) is 40.9 Å². The number of halogens is 1. The smallest absolute Gasteiger partial charge is 0.251 e. The zero-order chi connectivity index (χ0) is 22.1. The van der Waals surface area contributed by atoms with Crippen LogP contribution in [-0.4, -0.2) is 49.9 Å². The lowest BCUT2D eigenvalue weighted by atomic mass is 9.93. The third-order valence-corrected chi connectivity index (χ3v) is 5.52. The van der Waals surface area contributed by atoms with Gasteiger partial charge in [0.1, 0.15) is 5.76 Å². The van der Waals surface area contributed by atoms with E-state index < -0.39 is 0 Å². The number of hydrogen-bond donors (Lipinski definition) is 3. The van der Waals surface area contributed by atoms with Crippen LogP contribution in [0.3, 0.4) is 0 Å². The van der Waals surface area contributed by atoms with Gasteiger partial charge < -0.3 is 25.3 Å². The highest BCUT2D eigenvalue weighted by atomic mass is 127. The van der Waals surface area contributed by atoms with Gasteiger partial charge >= 0.3 is 0 Å². The van der Waals surface area contributed by atoms with Gasteiger partial charge in [-0.2, -0.15) is 0 Å². The summed E-state index contributed by atoms with van der Waals surface area (Å²) in [5.41, 5.74) is 1.61. The molecule has 1 aromatic carbocycles. The zero-order valence-electron chi connectivity index (χ0n) is 18.6. The number of furan rings is 1. The van der Waals surface area contributed by atoms with Crippen molar-refractivity contribution >= 4 is 41.8 Å². The molecule has 1 saturated heterocycles. The number of nitrogens with one attached hydrogen (secondary N) is 3. The van der Waals surface area contributed by atoms with Crippen molar-refractivity contribution in [1.29, 1.82) is 0 Å². The van der Waals surface area contributed by atoms with E-state index >= 15 is 0 Å². The van der Waals surface area contributed by atoms with Crippen molar-refractivity contribution in [3.63, 3.8) is 0 Å². The Labute approximate surface area is 206 Å². The van der Waals surface area contributed by atoms with E-state index in [1.165, 1.54) is 0 Å². The highest BCUT2D eigenvalue weighted by molar-refractivity contribution is 14.0. The second kappa shape index (κ2) is 13.1. The minimum Gasteiger partial charge on any atom is -0.467 e. The molecule has 9 heteroatoms. The topological polar surface area (TPSA) is 99.0 Å². The van der Waals surface area contributed by atoms with Crippen molar-refractivity contribution in [1.82, 2.24) is 20.9 Å². The Morgan fingerprint density at radius 3 is 2.56 bits per heavy atom. The quantitative estimate of drug-likeness (QED) is 0.278. The molecular formula is C23H32IN5O3. The molecule has 3 rings (SSSR count). The van der Waals surface area contributed by atoms with E-state index in [-0.39, 0.29) is 35.8 Å². The molecule has 1 fully saturated rings. The van der Waals surface area contributed by atoms with Crippen molar-refractivity contribution in [3.8, 4) is 0 Å². The molecule has 0 atom stereocenters. The normalized spacial score (nSPS) is 14.4. The van der Waals surface area contributed by atoms with E-state index in [0.29, 0.717) is 36.8 Å². The number of hydrogen-bond acceptors (Lipinski definition) is 4. The van der Waals surface area contributed by atoms with Crippen LogP contribution in [0.2, 0.25) is 0 Å². The molecule has 1 aromatic heterocycles. The van der Waals surface area contributed by atoms with Crippen molar-refractivity contribution < 1.29 is 14.0 Å². The van der Waals surface area contributed by atoms with Crippen molar-refractivity contribution in [2.45, 2.75) is 32.4 Å². The molecule has 174 valence electrons. The molecule has 0 radical (unpaired) electrons. The third kappa shape index (κ3) is 7.54. The number of carbonyl (C=O) groups is 2. The monoisotopic (exact) mass is 553 g/mol. The Kier molecular flexibility index (Phi) is 10.5. The van der Waals surface area contributed by atoms with Gasteiger partial charge in [0, 0.05) is 45.7 Å². The molecular weight excluding hydrogens is 521 g/mol. The first-order chi connectivity index (χ1) is 15.1. The Balaban J connectivity index is 0.00000363. The number of carbonyl (C=O) groups excluding carboxylic acids is 2. The van der Waals surface area contributed by atoms with Crippen LogP contribution >= 0.6 is 24.0 Å². The SMILES string of the molecule is CN=C(NCc1cccc(C(=O)NCc2ccco2)c1)N1CCC(CC(=O)NC)CC1.I. The number of amides is 2. The van der Waals surface area contributed by atoms with Gasteiger partial charge in [-0.25, -0.2) is 0 Å². The highest BCUT2D eigenvalue weighted by Gasteiger charge is 2.23. The van der Waals surface area contributed by atoms with Gasteiger partial charge in [0.05, 0.1) is 12.8 Å². The molecule has 8 nitrogen and oxygen atoms in total. The molecule has 3 N–H and O–H groups in total. The van der Waals surface area contributed by atoms with E-state index in [1.807, 2.05) is 24.3 Å². The maximum absolute atomic E-state index is 12.4. The summed E-state index contributed by atoms with van der Waals surface area (Å²) in [6.07, 6.45) is 4.12. The van der Waals surface area contributed by atoms with Crippen LogP contribution in [0.25, 0.3) is 0 Å². The Hall–Kier alpha value is -2.56. The minimum absolute atomic E-state index is 0. The first-order valence-electron chi connectivity index (χ1n) is 10.6. The molecule has 1 aliphatic heterocycles. The minimum atomic E-state index is -0.138. The average molecular weight is 553 g/mol. The largest absolute Gasteiger partial charge is 0.467 e. The Bertz CT molecular complexity index is 893. The fraction of sp³-hybridized carbons (Fsp3) is 0.435. The summed E-state index contributed by atoms with van der Waals surface area (Å²) in [6, 6.07) is 11.2. The van der Waals surface area contributed by atoms with E-state index in [4.69, 9.17) is 4.42 Å². The van der Waals surface area contributed by atoms with E-state index in [2.05, 4.69) is 25.8 Å². The van der Waals surface area contributed by atoms with Crippen molar-refractivity contribution in [2.24, 2.45) is 10.9 Å². The van der Waals surface area contributed by atoms with Crippen LogP contribution in [0.15, 0.2) is 52.1 Å². The number of piperidine rings is 1. The fourth-order valence-corrected chi connectivity index (χ4v) is 3.73. The predicted octanol–water partition coefficient (Wildman–Crippen LogP) is 2.75. The average Bonchev–Trinajstić information content (AvgIpc) is 3.32. The standard InChI is InChI=1S/C23H31N5O3.HI/c1-24-21(29)14-17-8-10-28(11-9-17)23(25-2)27-15-18-5-3-6-19(13-18)22(30)26-16-20-7-4-12-31-20;/h3-7,12-13,17H,8-11,14-16H2,1-2H3,(H,24,29)(H,25,27)(H,26,30);1H. The Morgan fingerprint density at radius 2 is 1.91 bits per heavy atom. The summed E-state index contributed by atoms with van der Waals surface area (Å²) >= 11 is 0. The lowest BCUT2D eigenvalue weighted by Gasteiger charge is -2.34. The summed E-state index contributed by atoms with van der Waals surface area (Å²) < 4.78 is 5.25. The molecule has 2 aromatic rings. The molecule has 2 heterocycles. The van der Waals surface area contributed by atoms with Gasteiger partial charge in [0.25, 0.3) is 5.91 Å². The molecule has 0 bridgehead atoms. The summed E-state index contributed by atoms with van der Waals surface area (Å²) in [7, 11) is 3.46. The molecule has 32 heavy (non-hydrogen) atoms. The van der Waals surface area contributed by atoms with Crippen LogP contribution in [-0.2, 0) is 17.9 Å².